The van der Waals surface area contributed by atoms with Gasteiger partial charge in [0.2, 0.25) is 5.91 Å². The second-order valence-corrected chi connectivity index (χ2v) is 10.5. The third-order valence-corrected chi connectivity index (χ3v) is 6.74. The Kier molecular flexibility index (Phi) is 8.63. The SMILES string of the molecule is Cc1ccccc1-n1nc(C)c(-c2ccccc2)c1NC(=O)CN(CC(C)C)C(=O)Nc1ccccc1Br. The number of halogens is 1. The first-order valence-electron chi connectivity index (χ1n) is 12.6. The Balaban J connectivity index is 1.66. The summed E-state index contributed by atoms with van der Waals surface area (Å²) < 4.78 is 2.55. The number of carbonyl (C=O) groups excluding carboxylic acids is 2. The van der Waals surface area contributed by atoms with Gasteiger partial charge in [-0.3, -0.25) is 4.79 Å². The molecule has 2 N–H and O–H groups in total. The minimum Gasteiger partial charge on any atom is -0.315 e. The number of nitrogens with one attached hydrogen (secondary N) is 2. The molecule has 0 aliphatic rings. The lowest BCUT2D eigenvalue weighted by Crippen LogP contribution is -2.42. The Morgan fingerprint density at radius 3 is 2.26 bits per heavy atom. The second kappa shape index (κ2) is 12.1. The lowest BCUT2D eigenvalue weighted by Gasteiger charge is -2.25. The molecule has 0 saturated carbocycles. The van der Waals surface area contributed by atoms with Gasteiger partial charge in [0.25, 0.3) is 0 Å². The number of nitrogens with zero attached hydrogens (tertiary/aromatic N) is 3. The van der Waals surface area contributed by atoms with E-state index in [0.717, 1.165) is 32.5 Å². The number of hydrogen-bond acceptors (Lipinski definition) is 3. The summed E-state index contributed by atoms with van der Waals surface area (Å²) in [6.45, 7) is 8.28. The normalized spacial score (nSPS) is 10.9. The van der Waals surface area contributed by atoms with E-state index in [2.05, 4.69) is 26.6 Å². The zero-order valence-corrected chi connectivity index (χ0v) is 23.6. The summed E-state index contributed by atoms with van der Waals surface area (Å²) in [5, 5.41) is 10.8. The van der Waals surface area contributed by atoms with Gasteiger partial charge < -0.3 is 15.5 Å². The van der Waals surface area contributed by atoms with E-state index in [9.17, 15) is 9.59 Å². The average molecular weight is 575 g/mol. The Morgan fingerprint density at radius 1 is 0.921 bits per heavy atom. The third kappa shape index (κ3) is 6.31. The molecule has 0 atom stereocenters. The second-order valence-electron chi connectivity index (χ2n) is 9.61. The number of benzene rings is 3. The maximum Gasteiger partial charge on any atom is 0.322 e. The van der Waals surface area contributed by atoms with E-state index in [1.54, 1.807) is 4.68 Å². The monoisotopic (exact) mass is 573 g/mol. The van der Waals surface area contributed by atoms with Crippen LogP contribution in [-0.2, 0) is 4.79 Å². The number of hydrogen-bond donors (Lipinski definition) is 2. The molecular weight excluding hydrogens is 542 g/mol. The van der Waals surface area contributed by atoms with Crippen LogP contribution >= 0.6 is 15.9 Å². The Labute approximate surface area is 232 Å². The van der Waals surface area contributed by atoms with Crippen LogP contribution < -0.4 is 10.6 Å². The fourth-order valence-electron chi connectivity index (χ4n) is 4.33. The molecule has 3 aromatic carbocycles. The maximum absolute atomic E-state index is 13.5. The smallest absolute Gasteiger partial charge is 0.315 e. The van der Waals surface area contributed by atoms with Gasteiger partial charge in [0.1, 0.15) is 12.4 Å². The Hall–Kier alpha value is -3.91. The number of aromatic nitrogens is 2. The number of urea groups is 1. The molecule has 4 aromatic rings. The lowest BCUT2D eigenvalue weighted by molar-refractivity contribution is -0.116. The van der Waals surface area contributed by atoms with Crippen molar-refractivity contribution in [3.8, 4) is 16.8 Å². The molecule has 0 fully saturated rings. The maximum atomic E-state index is 13.5. The van der Waals surface area contributed by atoms with Gasteiger partial charge in [-0.25, -0.2) is 9.48 Å². The average Bonchev–Trinajstić information content (AvgIpc) is 3.20. The van der Waals surface area contributed by atoms with Gasteiger partial charge in [0.15, 0.2) is 0 Å². The van der Waals surface area contributed by atoms with Gasteiger partial charge in [0, 0.05) is 16.6 Å². The lowest BCUT2D eigenvalue weighted by atomic mass is 10.1. The van der Waals surface area contributed by atoms with Crippen LogP contribution in [0.5, 0.6) is 0 Å². The molecule has 0 aliphatic heterocycles. The van der Waals surface area contributed by atoms with Crippen molar-refractivity contribution in [1.82, 2.24) is 14.7 Å². The molecule has 7 nitrogen and oxygen atoms in total. The zero-order chi connectivity index (χ0) is 27.2. The summed E-state index contributed by atoms with van der Waals surface area (Å²) >= 11 is 3.47. The topological polar surface area (TPSA) is 79.3 Å². The van der Waals surface area contributed by atoms with Crippen LogP contribution in [0, 0.1) is 19.8 Å². The van der Waals surface area contributed by atoms with Gasteiger partial charge >= 0.3 is 6.03 Å². The highest BCUT2D eigenvalue weighted by molar-refractivity contribution is 9.10. The van der Waals surface area contributed by atoms with Crippen LogP contribution in [-0.4, -0.2) is 39.7 Å². The van der Waals surface area contributed by atoms with Crippen molar-refractivity contribution in [2.75, 3.05) is 23.7 Å². The van der Waals surface area contributed by atoms with Crippen molar-refractivity contribution in [2.24, 2.45) is 5.92 Å². The first-order valence-corrected chi connectivity index (χ1v) is 13.3. The molecule has 3 amide bonds. The fraction of sp³-hybridized carbons (Fsp3) is 0.233. The molecular formula is C30H32BrN5O2. The Bertz CT molecular complexity index is 1430. The quantitative estimate of drug-likeness (QED) is 0.237. The summed E-state index contributed by atoms with van der Waals surface area (Å²) in [7, 11) is 0. The summed E-state index contributed by atoms with van der Waals surface area (Å²) in [5.74, 6) is 0.441. The highest BCUT2D eigenvalue weighted by Crippen LogP contribution is 2.34. The molecule has 1 heterocycles. The molecule has 8 heteroatoms. The highest BCUT2D eigenvalue weighted by atomic mass is 79.9. The van der Waals surface area contributed by atoms with Gasteiger partial charge in [-0.15, -0.1) is 0 Å². The van der Waals surface area contributed by atoms with E-state index in [1.165, 1.54) is 4.90 Å². The molecule has 0 saturated heterocycles. The predicted octanol–water partition coefficient (Wildman–Crippen LogP) is 7.05. The van der Waals surface area contributed by atoms with Crippen molar-refractivity contribution in [3.63, 3.8) is 0 Å². The van der Waals surface area contributed by atoms with E-state index >= 15 is 0 Å². The molecule has 4 rings (SSSR count). The van der Waals surface area contributed by atoms with Gasteiger partial charge in [-0.05, 0) is 65.0 Å². The molecule has 1 aromatic heterocycles. The van der Waals surface area contributed by atoms with Crippen molar-refractivity contribution < 1.29 is 9.59 Å². The predicted molar refractivity (Wildman–Crippen MR) is 157 cm³/mol. The van der Waals surface area contributed by atoms with E-state index in [4.69, 9.17) is 5.10 Å². The number of rotatable bonds is 8. The molecule has 0 spiro atoms. The van der Waals surface area contributed by atoms with E-state index in [1.807, 2.05) is 107 Å². The third-order valence-electron chi connectivity index (χ3n) is 6.05. The minimum atomic E-state index is -0.340. The standard InChI is InChI=1S/C30H32BrN5O2/c1-20(2)18-35(30(38)32-25-16-10-9-15-24(25)31)19-27(37)33-29-28(23-13-6-5-7-14-23)22(4)34-36(29)26-17-11-8-12-21(26)3/h5-17,20H,18-19H2,1-4H3,(H,32,38)(H,33,37). The van der Waals surface area contributed by atoms with Gasteiger partial charge in [0.05, 0.1) is 17.1 Å². The minimum absolute atomic E-state index is 0.110. The number of aryl methyl sites for hydroxylation is 2. The van der Waals surface area contributed by atoms with Crippen LogP contribution in [0.4, 0.5) is 16.3 Å². The molecule has 0 unspecified atom stereocenters. The summed E-state index contributed by atoms with van der Waals surface area (Å²) in [6, 6.07) is 24.8. The summed E-state index contributed by atoms with van der Waals surface area (Å²) in [6.07, 6.45) is 0. The van der Waals surface area contributed by atoms with Crippen molar-refractivity contribution in [1.29, 1.82) is 0 Å². The van der Waals surface area contributed by atoms with Crippen molar-refractivity contribution >= 4 is 39.4 Å². The van der Waals surface area contributed by atoms with E-state index < -0.39 is 0 Å². The summed E-state index contributed by atoms with van der Waals surface area (Å²) in [4.78, 5) is 28.2. The first-order chi connectivity index (χ1) is 18.2. The van der Waals surface area contributed by atoms with Gasteiger partial charge in [-0.1, -0.05) is 74.5 Å². The number of carbonyl (C=O) groups is 2. The van der Waals surface area contributed by atoms with Crippen LogP contribution in [0.15, 0.2) is 83.3 Å². The fourth-order valence-corrected chi connectivity index (χ4v) is 4.71. The van der Waals surface area contributed by atoms with Crippen LogP contribution in [0.3, 0.4) is 0 Å². The van der Waals surface area contributed by atoms with Crippen molar-refractivity contribution in [2.45, 2.75) is 27.7 Å². The highest BCUT2D eigenvalue weighted by Gasteiger charge is 2.24. The van der Waals surface area contributed by atoms with E-state index in [-0.39, 0.29) is 24.4 Å². The van der Waals surface area contributed by atoms with Crippen molar-refractivity contribution in [3.05, 3.63) is 94.6 Å². The zero-order valence-electron chi connectivity index (χ0n) is 22.0. The largest absolute Gasteiger partial charge is 0.322 e. The first kappa shape index (κ1) is 27.1. The van der Waals surface area contributed by atoms with Crippen LogP contribution in [0.2, 0.25) is 0 Å². The molecule has 0 bridgehead atoms. The molecule has 0 aliphatic carbocycles. The number of amides is 3. The van der Waals surface area contributed by atoms with Crippen LogP contribution in [0.25, 0.3) is 16.8 Å². The van der Waals surface area contributed by atoms with Crippen LogP contribution in [0.1, 0.15) is 25.1 Å². The summed E-state index contributed by atoms with van der Waals surface area (Å²) in [5.41, 5.74) is 5.13. The molecule has 196 valence electrons. The number of anilines is 2. The van der Waals surface area contributed by atoms with E-state index in [0.29, 0.717) is 18.1 Å². The molecule has 38 heavy (non-hydrogen) atoms. The van der Waals surface area contributed by atoms with Gasteiger partial charge in [-0.2, -0.15) is 5.10 Å². The Morgan fingerprint density at radius 2 is 1.58 bits per heavy atom. The molecule has 0 radical (unpaired) electrons. The number of para-hydroxylation sites is 2.